The van der Waals surface area contributed by atoms with Crippen LogP contribution >= 0.6 is 0 Å². The quantitative estimate of drug-likeness (QED) is 0.784. The van der Waals surface area contributed by atoms with E-state index in [1.54, 1.807) is 14.2 Å². The lowest BCUT2D eigenvalue weighted by Crippen LogP contribution is -2.38. The van der Waals surface area contributed by atoms with E-state index in [1.165, 1.54) is 4.31 Å². The minimum Gasteiger partial charge on any atom is -0.383 e. The van der Waals surface area contributed by atoms with E-state index < -0.39 is 10.0 Å². The zero-order chi connectivity index (χ0) is 15.2. The predicted octanol–water partition coefficient (Wildman–Crippen LogP) is 1.20. The third kappa shape index (κ3) is 4.86. The molecule has 6 heteroatoms. The highest BCUT2D eigenvalue weighted by atomic mass is 32.2. The average molecular weight is 300 g/mol. The second-order valence-electron chi connectivity index (χ2n) is 4.93. The van der Waals surface area contributed by atoms with E-state index in [9.17, 15) is 8.42 Å². The van der Waals surface area contributed by atoms with Crippen LogP contribution < -0.4 is 5.32 Å². The second-order valence-corrected chi connectivity index (χ2v) is 6.96. The number of sulfonamides is 1. The summed E-state index contributed by atoms with van der Waals surface area (Å²) in [7, 11) is 1.69. The Morgan fingerprint density at radius 1 is 1.35 bits per heavy atom. The highest BCUT2D eigenvalue weighted by Gasteiger charge is 2.23. The van der Waals surface area contributed by atoms with Gasteiger partial charge >= 0.3 is 0 Å². The fraction of sp³-hybridized carbons (Fsp3) is 0.571. The molecule has 0 aromatic heterocycles. The van der Waals surface area contributed by atoms with Crippen molar-refractivity contribution < 1.29 is 13.2 Å². The predicted molar refractivity (Wildman–Crippen MR) is 80.9 cm³/mol. The van der Waals surface area contributed by atoms with Crippen molar-refractivity contribution in [3.8, 4) is 0 Å². The first-order valence-corrected chi connectivity index (χ1v) is 8.18. The third-order valence-electron chi connectivity index (χ3n) is 3.19. The van der Waals surface area contributed by atoms with Crippen LogP contribution in [0.1, 0.15) is 18.1 Å². The maximum atomic E-state index is 12.3. The summed E-state index contributed by atoms with van der Waals surface area (Å²) >= 11 is 0. The number of nitrogens with zero attached hydrogens (tertiary/aromatic N) is 1. The standard InChI is InChI=1S/C14H24N2O3S/c1-12(10-19-4)16(3)20(17,18)11-14-7-5-6-13(8-14)9-15-2/h5-8,12,15H,9-11H2,1-4H3. The number of likely N-dealkylation sites (N-methyl/N-ethyl adjacent to an activating group) is 1. The molecule has 0 aliphatic heterocycles. The van der Waals surface area contributed by atoms with Gasteiger partial charge in [-0.05, 0) is 25.1 Å². The molecule has 0 aliphatic carbocycles. The van der Waals surface area contributed by atoms with Gasteiger partial charge in [0.25, 0.3) is 0 Å². The van der Waals surface area contributed by atoms with Gasteiger partial charge in [-0.15, -0.1) is 0 Å². The molecule has 1 rings (SSSR count). The van der Waals surface area contributed by atoms with Crippen LogP contribution in [0, 0.1) is 0 Å². The van der Waals surface area contributed by atoms with Gasteiger partial charge < -0.3 is 10.1 Å². The zero-order valence-electron chi connectivity index (χ0n) is 12.6. The second kappa shape index (κ2) is 7.73. The normalized spacial score (nSPS) is 13.7. The van der Waals surface area contributed by atoms with Gasteiger partial charge in [0.05, 0.1) is 12.4 Å². The monoisotopic (exact) mass is 300 g/mol. The minimum absolute atomic E-state index is 0.00904. The molecule has 0 heterocycles. The Hall–Kier alpha value is -0.950. The fourth-order valence-electron chi connectivity index (χ4n) is 1.97. The van der Waals surface area contributed by atoms with Crippen LogP contribution in [0.15, 0.2) is 24.3 Å². The molecule has 0 aliphatic rings. The van der Waals surface area contributed by atoms with Crippen molar-refractivity contribution in [1.29, 1.82) is 0 Å². The van der Waals surface area contributed by atoms with E-state index in [0.717, 1.165) is 17.7 Å². The summed E-state index contributed by atoms with van der Waals surface area (Å²) < 4.78 is 31.1. The molecule has 114 valence electrons. The Morgan fingerprint density at radius 2 is 2.00 bits per heavy atom. The summed E-state index contributed by atoms with van der Waals surface area (Å²) in [4.78, 5) is 0. The summed E-state index contributed by atoms with van der Waals surface area (Å²) in [6, 6.07) is 7.44. The van der Waals surface area contributed by atoms with E-state index in [2.05, 4.69) is 5.32 Å². The molecule has 5 nitrogen and oxygen atoms in total. The number of nitrogens with one attached hydrogen (secondary N) is 1. The molecule has 1 N–H and O–H groups in total. The van der Waals surface area contributed by atoms with Crippen molar-refractivity contribution in [3.05, 3.63) is 35.4 Å². The van der Waals surface area contributed by atoms with E-state index in [-0.39, 0.29) is 11.8 Å². The number of ether oxygens (including phenoxy) is 1. The maximum Gasteiger partial charge on any atom is 0.218 e. The third-order valence-corrected chi connectivity index (χ3v) is 5.12. The Morgan fingerprint density at radius 3 is 2.60 bits per heavy atom. The Bertz CT molecular complexity index is 517. The van der Waals surface area contributed by atoms with Crippen LogP contribution in [0.25, 0.3) is 0 Å². The number of methoxy groups -OCH3 is 1. The van der Waals surface area contributed by atoms with Crippen LogP contribution in [0.3, 0.4) is 0 Å². The van der Waals surface area contributed by atoms with Gasteiger partial charge in [0, 0.05) is 26.7 Å². The first kappa shape index (κ1) is 17.1. The Kier molecular flexibility index (Phi) is 6.61. The fourth-order valence-corrected chi connectivity index (χ4v) is 3.38. The number of hydrogen-bond donors (Lipinski definition) is 1. The van der Waals surface area contributed by atoms with Gasteiger partial charge in [0.15, 0.2) is 0 Å². The van der Waals surface area contributed by atoms with Crippen molar-refractivity contribution in [2.45, 2.75) is 25.3 Å². The van der Waals surface area contributed by atoms with Crippen LogP contribution in [0.2, 0.25) is 0 Å². The van der Waals surface area contributed by atoms with Crippen molar-refractivity contribution in [1.82, 2.24) is 9.62 Å². The minimum atomic E-state index is -3.33. The molecule has 1 aromatic rings. The lowest BCUT2D eigenvalue weighted by atomic mass is 10.1. The first-order chi connectivity index (χ1) is 9.40. The molecule has 0 bridgehead atoms. The van der Waals surface area contributed by atoms with Crippen molar-refractivity contribution in [3.63, 3.8) is 0 Å². The highest BCUT2D eigenvalue weighted by Crippen LogP contribution is 2.14. The van der Waals surface area contributed by atoms with Crippen molar-refractivity contribution in [2.75, 3.05) is 27.8 Å². The molecule has 0 saturated heterocycles. The molecule has 1 unspecified atom stereocenters. The molecule has 0 amide bonds. The van der Waals surface area contributed by atoms with E-state index in [0.29, 0.717) is 6.61 Å². The zero-order valence-corrected chi connectivity index (χ0v) is 13.4. The summed E-state index contributed by atoms with van der Waals surface area (Å²) in [6.07, 6.45) is 0. The molecular weight excluding hydrogens is 276 g/mol. The largest absolute Gasteiger partial charge is 0.383 e. The molecular formula is C14H24N2O3S. The summed E-state index contributed by atoms with van der Waals surface area (Å²) in [5, 5.41) is 3.06. The van der Waals surface area contributed by atoms with E-state index in [4.69, 9.17) is 4.74 Å². The molecule has 1 atom stereocenters. The average Bonchev–Trinajstić information content (AvgIpc) is 2.38. The lowest BCUT2D eigenvalue weighted by Gasteiger charge is -2.23. The van der Waals surface area contributed by atoms with E-state index >= 15 is 0 Å². The van der Waals surface area contributed by atoms with Gasteiger partial charge in [-0.3, -0.25) is 0 Å². The van der Waals surface area contributed by atoms with Crippen LogP contribution in [-0.4, -0.2) is 46.6 Å². The first-order valence-electron chi connectivity index (χ1n) is 6.57. The van der Waals surface area contributed by atoms with Crippen molar-refractivity contribution >= 4 is 10.0 Å². The smallest absolute Gasteiger partial charge is 0.218 e. The molecule has 0 saturated carbocycles. The molecule has 20 heavy (non-hydrogen) atoms. The molecule has 0 spiro atoms. The Labute approximate surface area is 122 Å². The maximum absolute atomic E-state index is 12.3. The van der Waals surface area contributed by atoms with Crippen LogP contribution in [-0.2, 0) is 27.1 Å². The van der Waals surface area contributed by atoms with Gasteiger partial charge in [-0.1, -0.05) is 24.3 Å². The number of benzene rings is 1. The molecule has 0 fully saturated rings. The molecule has 0 radical (unpaired) electrons. The molecule has 1 aromatic carbocycles. The lowest BCUT2D eigenvalue weighted by molar-refractivity contribution is 0.149. The van der Waals surface area contributed by atoms with Crippen LogP contribution in [0.4, 0.5) is 0 Å². The topological polar surface area (TPSA) is 58.6 Å². The highest BCUT2D eigenvalue weighted by molar-refractivity contribution is 7.88. The summed E-state index contributed by atoms with van der Waals surface area (Å²) in [5.74, 6) is 0.00904. The van der Waals surface area contributed by atoms with Gasteiger partial charge in [0.2, 0.25) is 10.0 Å². The summed E-state index contributed by atoms with van der Waals surface area (Å²) in [6.45, 7) is 2.94. The SMILES string of the molecule is CNCc1cccc(CS(=O)(=O)N(C)C(C)COC)c1. The number of rotatable bonds is 8. The van der Waals surface area contributed by atoms with Gasteiger partial charge in [-0.25, -0.2) is 8.42 Å². The van der Waals surface area contributed by atoms with Crippen molar-refractivity contribution in [2.24, 2.45) is 0 Å². The van der Waals surface area contributed by atoms with Crippen LogP contribution in [0.5, 0.6) is 0 Å². The number of hydrogen-bond acceptors (Lipinski definition) is 4. The Balaban J connectivity index is 2.82. The summed E-state index contributed by atoms with van der Waals surface area (Å²) in [5.41, 5.74) is 1.88. The van der Waals surface area contributed by atoms with Gasteiger partial charge in [-0.2, -0.15) is 4.31 Å². The van der Waals surface area contributed by atoms with E-state index in [1.807, 2.05) is 38.2 Å². The van der Waals surface area contributed by atoms with Gasteiger partial charge in [0.1, 0.15) is 0 Å².